The zero-order valence-electron chi connectivity index (χ0n) is 11.6. The molecule has 2 rings (SSSR count). The van der Waals surface area contributed by atoms with E-state index in [4.69, 9.17) is 10.5 Å². The molecule has 0 aliphatic heterocycles. The van der Waals surface area contributed by atoms with E-state index < -0.39 is 0 Å². The van der Waals surface area contributed by atoms with Gasteiger partial charge in [0.1, 0.15) is 5.75 Å². The molecule has 0 spiro atoms. The maximum absolute atomic E-state index is 12.1. The largest absolute Gasteiger partial charge is 0.494 e. The van der Waals surface area contributed by atoms with E-state index >= 15 is 0 Å². The van der Waals surface area contributed by atoms with Gasteiger partial charge < -0.3 is 15.8 Å². The Hall–Kier alpha value is -2.50. The topological polar surface area (TPSA) is 82.2 Å². The Morgan fingerprint density at radius 3 is 2.60 bits per heavy atom. The van der Waals surface area contributed by atoms with E-state index in [1.807, 2.05) is 13.8 Å². The molecule has 6 heteroatoms. The molecule has 0 unspecified atom stereocenters. The molecule has 1 amide bonds. The van der Waals surface area contributed by atoms with Crippen LogP contribution >= 0.6 is 0 Å². The summed E-state index contributed by atoms with van der Waals surface area (Å²) in [6.45, 7) is 5.13. The first-order valence-electron chi connectivity index (χ1n) is 6.51. The van der Waals surface area contributed by atoms with Crippen molar-refractivity contribution in [1.82, 2.24) is 9.78 Å². The second kappa shape index (κ2) is 6.10. The van der Waals surface area contributed by atoms with Crippen LogP contribution in [0.3, 0.4) is 0 Å². The smallest absolute Gasteiger partial charge is 0.278 e. The van der Waals surface area contributed by atoms with Gasteiger partial charge in [0.05, 0.1) is 12.3 Å². The molecule has 0 radical (unpaired) electrons. The summed E-state index contributed by atoms with van der Waals surface area (Å²) in [6, 6.07) is 7.14. The van der Waals surface area contributed by atoms with Gasteiger partial charge in [0.25, 0.3) is 5.91 Å². The van der Waals surface area contributed by atoms with Crippen LogP contribution in [-0.2, 0) is 6.54 Å². The van der Waals surface area contributed by atoms with Gasteiger partial charge in [0.15, 0.2) is 5.69 Å². The van der Waals surface area contributed by atoms with E-state index in [0.29, 0.717) is 24.5 Å². The van der Waals surface area contributed by atoms with E-state index in [0.717, 1.165) is 5.75 Å². The van der Waals surface area contributed by atoms with Crippen molar-refractivity contribution >= 4 is 17.3 Å². The van der Waals surface area contributed by atoms with Gasteiger partial charge in [-0.1, -0.05) is 0 Å². The average Bonchev–Trinajstić information content (AvgIpc) is 2.83. The monoisotopic (exact) mass is 274 g/mol. The van der Waals surface area contributed by atoms with Gasteiger partial charge >= 0.3 is 0 Å². The Bertz CT molecular complexity index is 590. The van der Waals surface area contributed by atoms with Gasteiger partial charge in [0.2, 0.25) is 0 Å². The van der Waals surface area contributed by atoms with Crippen molar-refractivity contribution < 1.29 is 9.53 Å². The summed E-state index contributed by atoms with van der Waals surface area (Å²) in [5.74, 6) is 0.444. The zero-order chi connectivity index (χ0) is 14.5. The molecule has 0 fully saturated rings. The summed E-state index contributed by atoms with van der Waals surface area (Å²) in [6.07, 6.45) is 1.65. The molecule has 0 bridgehead atoms. The molecular formula is C14H18N4O2. The van der Waals surface area contributed by atoms with E-state index in [1.54, 1.807) is 35.1 Å². The molecule has 2 aromatic rings. The van der Waals surface area contributed by atoms with Crippen LogP contribution in [0.5, 0.6) is 5.75 Å². The van der Waals surface area contributed by atoms with E-state index in [-0.39, 0.29) is 11.6 Å². The summed E-state index contributed by atoms with van der Waals surface area (Å²) in [4.78, 5) is 12.1. The molecule has 1 aromatic carbocycles. The fourth-order valence-corrected chi connectivity index (χ4v) is 1.77. The first kappa shape index (κ1) is 13.9. The van der Waals surface area contributed by atoms with Gasteiger partial charge in [-0.15, -0.1) is 0 Å². The molecule has 3 N–H and O–H groups in total. The van der Waals surface area contributed by atoms with Crippen molar-refractivity contribution in [3.8, 4) is 5.75 Å². The van der Waals surface area contributed by atoms with Gasteiger partial charge in [-0.05, 0) is 38.1 Å². The number of nitrogens with one attached hydrogen (secondary N) is 1. The Morgan fingerprint density at radius 2 is 2.05 bits per heavy atom. The molecule has 0 aliphatic carbocycles. The third-order valence-corrected chi connectivity index (χ3v) is 2.75. The molecule has 106 valence electrons. The van der Waals surface area contributed by atoms with Crippen LogP contribution in [0.1, 0.15) is 24.3 Å². The highest BCUT2D eigenvalue weighted by molar-refractivity contribution is 6.06. The van der Waals surface area contributed by atoms with Crippen LogP contribution in [0.2, 0.25) is 0 Å². The zero-order valence-corrected chi connectivity index (χ0v) is 11.6. The Balaban J connectivity index is 2.08. The van der Waals surface area contributed by atoms with Crippen molar-refractivity contribution in [3.63, 3.8) is 0 Å². The van der Waals surface area contributed by atoms with Crippen LogP contribution < -0.4 is 15.8 Å². The van der Waals surface area contributed by atoms with Crippen LogP contribution in [0.4, 0.5) is 11.4 Å². The molecule has 0 aliphatic rings. The number of hydrogen-bond donors (Lipinski definition) is 2. The lowest BCUT2D eigenvalue weighted by Gasteiger charge is -2.06. The number of aromatic nitrogens is 2. The summed E-state index contributed by atoms with van der Waals surface area (Å²) in [7, 11) is 0. The average molecular weight is 274 g/mol. The number of benzene rings is 1. The predicted molar refractivity (Wildman–Crippen MR) is 77.9 cm³/mol. The minimum Gasteiger partial charge on any atom is -0.494 e. The molecule has 1 heterocycles. The van der Waals surface area contributed by atoms with Crippen LogP contribution in [0, 0.1) is 0 Å². The number of hydrogen-bond acceptors (Lipinski definition) is 4. The summed E-state index contributed by atoms with van der Waals surface area (Å²) >= 11 is 0. The molecule has 0 saturated carbocycles. The minimum absolute atomic E-state index is 0.237. The number of anilines is 2. The quantitative estimate of drug-likeness (QED) is 0.875. The lowest BCUT2D eigenvalue weighted by molar-refractivity contribution is 0.102. The number of rotatable bonds is 5. The number of nitrogen functional groups attached to an aromatic ring is 1. The van der Waals surface area contributed by atoms with Crippen molar-refractivity contribution in [2.24, 2.45) is 0 Å². The summed E-state index contributed by atoms with van der Waals surface area (Å²) in [5.41, 5.74) is 7.05. The highest BCUT2D eigenvalue weighted by Crippen LogP contribution is 2.17. The predicted octanol–water partition coefficient (Wildman–Crippen LogP) is 2.14. The number of amides is 1. The lowest BCUT2D eigenvalue weighted by Crippen LogP contribution is -2.14. The van der Waals surface area contributed by atoms with Gasteiger partial charge in [-0.2, -0.15) is 5.10 Å². The molecular weight excluding hydrogens is 256 g/mol. The second-order valence-electron chi connectivity index (χ2n) is 4.20. The fourth-order valence-electron chi connectivity index (χ4n) is 1.77. The van der Waals surface area contributed by atoms with Crippen molar-refractivity contribution in [2.45, 2.75) is 20.4 Å². The maximum Gasteiger partial charge on any atom is 0.278 e. The van der Waals surface area contributed by atoms with Crippen LogP contribution in [0.15, 0.2) is 30.5 Å². The van der Waals surface area contributed by atoms with Crippen molar-refractivity contribution in [3.05, 3.63) is 36.2 Å². The highest BCUT2D eigenvalue weighted by Gasteiger charge is 2.14. The number of aryl methyl sites for hydroxylation is 1. The number of ether oxygens (including phenoxy) is 1. The summed E-state index contributed by atoms with van der Waals surface area (Å²) < 4.78 is 6.97. The van der Waals surface area contributed by atoms with Crippen LogP contribution in [-0.4, -0.2) is 22.3 Å². The minimum atomic E-state index is -0.321. The maximum atomic E-state index is 12.1. The van der Waals surface area contributed by atoms with Crippen molar-refractivity contribution in [1.29, 1.82) is 0 Å². The van der Waals surface area contributed by atoms with Gasteiger partial charge in [-0.3, -0.25) is 9.48 Å². The highest BCUT2D eigenvalue weighted by atomic mass is 16.5. The number of carbonyl (C=O) groups is 1. The Kier molecular flexibility index (Phi) is 4.24. The van der Waals surface area contributed by atoms with Gasteiger partial charge in [0, 0.05) is 18.4 Å². The molecule has 1 aromatic heterocycles. The molecule has 0 saturated heterocycles. The first-order valence-corrected chi connectivity index (χ1v) is 6.51. The summed E-state index contributed by atoms with van der Waals surface area (Å²) in [5, 5.41) is 6.88. The van der Waals surface area contributed by atoms with E-state index in [2.05, 4.69) is 10.4 Å². The number of nitrogens with two attached hydrogens (primary N) is 1. The SMILES string of the molecule is CCOc1ccc(NC(=O)c2nn(CC)cc2N)cc1. The second-order valence-corrected chi connectivity index (χ2v) is 4.20. The lowest BCUT2D eigenvalue weighted by atomic mass is 10.3. The van der Waals surface area contributed by atoms with Gasteiger partial charge in [-0.25, -0.2) is 0 Å². The van der Waals surface area contributed by atoms with E-state index in [9.17, 15) is 4.79 Å². The van der Waals surface area contributed by atoms with Crippen LogP contribution in [0.25, 0.3) is 0 Å². The molecule has 20 heavy (non-hydrogen) atoms. The Labute approximate surface area is 117 Å². The molecule has 6 nitrogen and oxygen atoms in total. The Morgan fingerprint density at radius 1 is 1.35 bits per heavy atom. The van der Waals surface area contributed by atoms with Crippen molar-refractivity contribution in [2.75, 3.05) is 17.7 Å². The molecule has 0 atom stereocenters. The number of carbonyl (C=O) groups excluding carboxylic acids is 1. The van der Waals surface area contributed by atoms with E-state index in [1.165, 1.54) is 0 Å². The first-order chi connectivity index (χ1) is 9.63. The standard InChI is InChI=1S/C14H18N4O2/c1-3-18-9-12(15)13(17-18)14(19)16-10-5-7-11(8-6-10)20-4-2/h5-9H,3-4,15H2,1-2H3,(H,16,19). The third kappa shape index (κ3) is 3.09. The number of nitrogens with zero attached hydrogens (tertiary/aromatic N) is 2. The third-order valence-electron chi connectivity index (χ3n) is 2.75. The fraction of sp³-hybridized carbons (Fsp3) is 0.286. The normalized spacial score (nSPS) is 10.3.